The first-order chi connectivity index (χ1) is 10.5. The lowest BCUT2D eigenvalue weighted by molar-refractivity contribution is 0.0911. The van der Waals surface area contributed by atoms with Crippen LogP contribution in [-0.2, 0) is 11.3 Å². The van der Waals surface area contributed by atoms with Crippen LogP contribution >= 0.6 is 22.9 Å². The Hall–Kier alpha value is -1.54. The number of nitrogens with one attached hydrogen (secondary N) is 1. The summed E-state index contributed by atoms with van der Waals surface area (Å²) >= 11 is 6.89. The second-order valence-electron chi connectivity index (χ2n) is 4.46. The number of nitrogens with zero attached hydrogens (tertiary/aromatic N) is 1. The van der Waals surface area contributed by atoms with Crippen LogP contribution in [0.2, 0.25) is 5.02 Å². The number of hydrogen-bond donors (Lipinski definition) is 2. The predicted molar refractivity (Wildman–Crippen MR) is 81.5 cm³/mol. The zero-order valence-corrected chi connectivity index (χ0v) is 13.2. The largest absolute Gasteiger partial charge is 0.387 e. The summed E-state index contributed by atoms with van der Waals surface area (Å²) in [4.78, 5) is 16.0. The van der Waals surface area contributed by atoms with E-state index >= 15 is 0 Å². The van der Waals surface area contributed by atoms with Crippen LogP contribution in [0.4, 0.5) is 4.39 Å². The average molecular weight is 345 g/mol. The van der Waals surface area contributed by atoms with Gasteiger partial charge in [0.1, 0.15) is 16.5 Å². The molecule has 0 fully saturated rings. The van der Waals surface area contributed by atoms with E-state index in [9.17, 15) is 14.3 Å². The number of hydrogen-bond acceptors (Lipinski definition) is 5. The number of benzene rings is 1. The molecule has 8 heteroatoms. The van der Waals surface area contributed by atoms with Crippen molar-refractivity contribution in [3.05, 3.63) is 50.7 Å². The Morgan fingerprint density at radius 2 is 2.36 bits per heavy atom. The van der Waals surface area contributed by atoms with Crippen molar-refractivity contribution in [3.63, 3.8) is 0 Å². The van der Waals surface area contributed by atoms with Gasteiger partial charge in [0.05, 0.1) is 17.7 Å². The van der Waals surface area contributed by atoms with Gasteiger partial charge in [0.2, 0.25) is 0 Å². The highest BCUT2D eigenvalue weighted by atomic mass is 35.5. The predicted octanol–water partition coefficient (Wildman–Crippen LogP) is 2.55. The summed E-state index contributed by atoms with van der Waals surface area (Å²) in [6, 6.07) is 4.00. The second kappa shape index (κ2) is 7.64. The minimum Gasteiger partial charge on any atom is -0.387 e. The number of aromatic nitrogens is 1. The van der Waals surface area contributed by atoms with Crippen LogP contribution in [-0.4, -0.2) is 29.7 Å². The van der Waals surface area contributed by atoms with Gasteiger partial charge in [-0.25, -0.2) is 9.37 Å². The number of carbonyl (C=O) groups is 1. The van der Waals surface area contributed by atoms with Crippen molar-refractivity contribution in [1.82, 2.24) is 10.3 Å². The lowest BCUT2D eigenvalue weighted by Gasteiger charge is -2.12. The van der Waals surface area contributed by atoms with Crippen molar-refractivity contribution in [1.29, 1.82) is 0 Å². The van der Waals surface area contributed by atoms with Crippen LogP contribution in [0.3, 0.4) is 0 Å². The van der Waals surface area contributed by atoms with Gasteiger partial charge >= 0.3 is 0 Å². The maximum atomic E-state index is 13.3. The van der Waals surface area contributed by atoms with E-state index < -0.39 is 17.8 Å². The monoisotopic (exact) mass is 344 g/mol. The van der Waals surface area contributed by atoms with Gasteiger partial charge in [0.25, 0.3) is 5.91 Å². The van der Waals surface area contributed by atoms with Crippen LogP contribution in [0.15, 0.2) is 23.6 Å². The number of carbonyl (C=O) groups excluding carboxylic acids is 1. The van der Waals surface area contributed by atoms with Crippen LogP contribution in [0.1, 0.15) is 27.2 Å². The number of methoxy groups -OCH3 is 1. The first-order valence-electron chi connectivity index (χ1n) is 6.35. The first kappa shape index (κ1) is 16.8. The molecule has 2 aromatic rings. The number of aliphatic hydroxyl groups is 1. The van der Waals surface area contributed by atoms with E-state index in [4.69, 9.17) is 16.3 Å². The molecule has 0 aliphatic carbocycles. The van der Waals surface area contributed by atoms with Gasteiger partial charge in [0.15, 0.2) is 0 Å². The lowest BCUT2D eigenvalue weighted by Crippen LogP contribution is -2.28. The standard InChI is InChI=1S/C14H14ClFN2O3S/c1-21-6-13-18-11(7-22-13)14(20)17-5-12(19)8-2-3-9(15)10(16)4-8/h2-4,7,12,19H,5-6H2,1H3,(H,17,20). The van der Waals surface area contributed by atoms with E-state index in [1.807, 2.05) is 0 Å². The van der Waals surface area contributed by atoms with E-state index in [1.165, 1.54) is 23.5 Å². The summed E-state index contributed by atoms with van der Waals surface area (Å²) in [5, 5.41) is 14.8. The molecule has 1 heterocycles. The highest BCUT2D eigenvalue weighted by Gasteiger charge is 2.14. The van der Waals surface area contributed by atoms with Crippen LogP contribution < -0.4 is 5.32 Å². The Balaban J connectivity index is 1.93. The SMILES string of the molecule is COCc1nc(C(=O)NCC(O)c2ccc(Cl)c(F)c2)cs1. The summed E-state index contributed by atoms with van der Waals surface area (Å²) in [7, 11) is 1.54. The highest BCUT2D eigenvalue weighted by molar-refractivity contribution is 7.09. The Morgan fingerprint density at radius 3 is 3.05 bits per heavy atom. The lowest BCUT2D eigenvalue weighted by atomic mass is 10.1. The molecule has 0 bridgehead atoms. The second-order valence-corrected chi connectivity index (χ2v) is 5.81. The summed E-state index contributed by atoms with van der Waals surface area (Å²) in [5.74, 6) is -1.03. The summed E-state index contributed by atoms with van der Waals surface area (Å²) < 4.78 is 18.3. The van der Waals surface area contributed by atoms with Gasteiger partial charge in [-0.05, 0) is 17.7 Å². The van der Waals surface area contributed by atoms with Crippen molar-refractivity contribution < 1.29 is 19.0 Å². The molecule has 0 aliphatic heterocycles. The fourth-order valence-electron chi connectivity index (χ4n) is 1.72. The normalized spacial score (nSPS) is 12.2. The van der Waals surface area contributed by atoms with Gasteiger partial charge < -0.3 is 15.2 Å². The van der Waals surface area contributed by atoms with Crippen molar-refractivity contribution in [2.24, 2.45) is 0 Å². The molecule has 1 atom stereocenters. The molecule has 1 amide bonds. The van der Waals surface area contributed by atoms with Gasteiger partial charge in [0, 0.05) is 19.0 Å². The number of thiazole rings is 1. The van der Waals surface area contributed by atoms with Crippen molar-refractivity contribution >= 4 is 28.8 Å². The summed E-state index contributed by atoms with van der Waals surface area (Å²) in [6.45, 7) is 0.279. The molecule has 118 valence electrons. The summed E-state index contributed by atoms with van der Waals surface area (Å²) in [6.07, 6.45) is -1.03. The minimum atomic E-state index is -1.03. The van der Waals surface area contributed by atoms with E-state index in [2.05, 4.69) is 10.3 Å². The van der Waals surface area contributed by atoms with E-state index in [-0.39, 0.29) is 17.3 Å². The molecule has 5 nitrogen and oxygen atoms in total. The fraction of sp³-hybridized carbons (Fsp3) is 0.286. The third-order valence-corrected chi connectivity index (χ3v) is 3.97. The Morgan fingerprint density at radius 1 is 1.59 bits per heavy atom. The highest BCUT2D eigenvalue weighted by Crippen LogP contribution is 2.20. The smallest absolute Gasteiger partial charge is 0.270 e. The third kappa shape index (κ3) is 4.23. The maximum absolute atomic E-state index is 13.3. The van der Waals surface area contributed by atoms with Gasteiger partial charge in [-0.3, -0.25) is 4.79 Å². The molecule has 1 unspecified atom stereocenters. The van der Waals surface area contributed by atoms with Crippen LogP contribution in [0.25, 0.3) is 0 Å². The molecule has 1 aromatic carbocycles. The summed E-state index contributed by atoms with van der Waals surface area (Å²) in [5.41, 5.74) is 0.590. The third-order valence-electron chi connectivity index (χ3n) is 2.84. The quantitative estimate of drug-likeness (QED) is 0.844. The number of aliphatic hydroxyl groups excluding tert-OH is 1. The topological polar surface area (TPSA) is 71.5 Å². The van der Waals surface area contributed by atoms with Gasteiger partial charge in [-0.15, -0.1) is 11.3 Å². The van der Waals surface area contributed by atoms with E-state index in [0.29, 0.717) is 17.2 Å². The molecule has 0 radical (unpaired) electrons. The van der Waals surface area contributed by atoms with Crippen molar-refractivity contribution in [3.8, 4) is 0 Å². The Kier molecular flexibility index (Phi) is 5.84. The van der Waals surface area contributed by atoms with Gasteiger partial charge in [-0.2, -0.15) is 0 Å². The number of rotatable bonds is 6. The molecule has 0 saturated carbocycles. The first-order valence-corrected chi connectivity index (χ1v) is 7.61. The molecule has 0 aliphatic rings. The van der Waals surface area contributed by atoms with E-state index in [0.717, 1.165) is 6.07 Å². The number of halogens is 2. The van der Waals surface area contributed by atoms with Crippen LogP contribution in [0.5, 0.6) is 0 Å². The Bertz CT molecular complexity index is 665. The molecule has 2 rings (SSSR count). The zero-order valence-electron chi connectivity index (χ0n) is 11.7. The molecular weight excluding hydrogens is 331 g/mol. The van der Waals surface area contributed by atoms with Gasteiger partial charge in [-0.1, -0.05) is 17.7 Å². The minimum absolute atomic E-state index is 0.0202. The van der Waals surface area contributed by atoms with Crippen LogP contribution in [0, 0.1) is 5.82 Å². The molecule has 22 heavy (non-hydrogen) atoms. The molecule has 1 aromatic heterocycles. The Labute approximate surface area is 135 Å². The van der Waals surface area contributed by atoms with E-state index in [1.54, 1.807) is 12.5 Å². The molecule has 0 spiro atoms. The molecule has 2 N–H and O–H groups in total. The molecular formula is C14H14ClFN2O3S. The maximum Gasteiger partial charge on any atom is 0.270 e. The number of amides is 1. The van der Waals surface area contributed by atoms with Crippen molar-refractivity contribution in [2.45, 2.75) is 12.7 Å². The van der Waals surface area contributed by atoms with Crippen molar-refractivity contribution in [2.75, 3.05) is 13.7 Å². The number of ether oxygens (including phenoxy) is 1. The fourth-order valence-corrected chi connectivity index (χ4v) is 2.58. The molecule has 0 saturated heterocycles. The average Bonchev–Trinajstić information content (AvgIpc) is 2.96. The zero-order chi connectivity index (χ0) is 16.1.